The smallest absolute Gasteiger partial charge is 0.254 e. The van der Waals surface area contributed by atoms with Crippen LogP contribution in [0.1, 0.15) is 16.1 Å². The fraction of sp³-hybridized carbons (Fsp3) is 0.222. The highest BCUT2D eigenvalue weighted by atomic mass is 16.5. The molecule has 2 aromatic heterocycles. The molecule has 0 aliphatic carbocycles. The van der Waals surface area contributed by atoms with Gasteiger partial charge in [0.2, 0.25) is 0 Å². The molecule has 0 saturated heterocycles. The van der Waals surface area contributed by atoms with Crippen LogP contribution in [-0.2, 0) is 11.3 Å². The number of imidazole rings is 1. The summed E-state index contributed by atoms with van der Waals surface area (Å²) in [6.45, 7) is 1.39. The summed E-state index contributed by atoms with van der Waals surface area (Å²) in [7, 11) is 1.62. The lowest BCUT2D eigenvalue weighted by atomic mass is 10.1. The minimum absolute atomic E-state index is 0.0550. The van der Waals surface area contributed by atoms with E-state index in [1.165, 1.54) is 0 Å². The Morgan fingerprint density at radius 1 is 1.29 bits per heavy atom. The predicted octanol–water partition coefficient (Wildman–Crippen LogP) is 2.75. The van der Waals surface area contributed by atoms with Gasteiger partial charge in [0.15, 0.2) is 0 Å². The number of ether oxygens (including phenoxy) is 1. The number of aromatic nitrogens is 2. The maximum atomic E-state index is 12.8. The zero-order valence-electron chi connectivity index (χ0n) is 13.5. The highest BCUT2D eigenvalue weighted by molar-refractivity contribution is 5.94. The van der Waals surface area contributed by atoms with E-state index < -0.39 is 0 Å². The molecular weight excluding hydrogens is 306 g/mol. The molecule has 0 spiro atoms. The van der Waals surface area contributed by atoms with E-state index in [4.69, 9.17) is 9.15 Å². The normalized spacial score (nSPS) is 10.7. The number of methoxy groups -OCH3 is 1. The first-order valence-electron chi connectivity index (χ1n) is 7.67. The number of furan rings is 1. The van der Waals surface area contributed by atoms with E-state index in [2.05, 4.69) is 4.98 Å². The van der Waals surface area contributed by atoms with E-state index in [9.17, 15) is 4.79 Å². The quantitative estimate of drug-likeness (QED) is 0.670. The third-order valence-corrected chi connectivity index (χ3v) is 3.70. The maximum Gasteiger partial charge on any atom is 0.254 e. The second kappa shape index (κ2) is 7.61. The van der Waals surface area contributed by atoms with E-state index in [-0.39, 0.29) is 5.91 Å². The minimum Gasteiger partial charge on any atom is -0.467 e. The van der Waals surface area contributed by atoms with Crippen LogP contribution in [0.3, 0.4) is 0 Å². The number of hydrogen-bond donors (Lipinski definition) is 0. The molecular formula is C18H19N3O3. The number of carbonyl (C=O) groups excluding carboxylic acids is 1. The molecule has 3 rings (SSSR count). The fourth-order valence-corrected chi connectivity index (χ4v) is 2.42. The van der Waals surface area contributed by atoms with Gasteiger partial charge < -0.3 is 18.6 Å². The van der Waals surface area contributed by atoms with Crippen molar-refractivity contribution in [2.24, 2.45) is 0 Å². The maximum absolute atomic E-state index is 12.8. The zero-order chi connectivity index (χ0) is 16.8. The average molecular weight is 325 g/mol. The van der Waals surface area contributed by atoms with Crippen LogP contribution in [0.25, 0.3) is 5.69 Å². The Kier molecular flexibility index (Phi) is 5.08. The van der Waals surface area contributed by atoms with Crippen molar-refractivity contribution >= 4 is 5.91 Å². The molecule has 124 valence electrons. The molecule has 0 unspecified atom stereocenters. The highest BCUT2D eigenvalue weighted by Gasteiger charge is 2.17. The Morgan fingerprint density at radius 2 is 2.12 bits per heavy atom. The van der Waals surface area contributed by atoms with Crippen molar-refractivity contribution < 1.29 is 13.9 Å². The molecule has 0 aliphatic heterocycles. The number of amides is 1. The number of carbonyl (C=O) groups is 1. The van der Waals surface area contributed by atoms with Crippen molar-refractivity contribution in [3.05, 3.63) is 72.7 Å². The van der Waals surface area contributed by atoms with Gasteiger partial charge in [-0.25, -0.2) is 4.98 Å². The van der Waals surface area contributed by atoms with Crippen LogP contribution in [0.4, 0.5) is 0 Å². The summed E-state index contributed by atoms with van der Waals surface area (Å²) >= 11 is 0. The van der Waals surface area contributed by atoms with Crippen LogP contribution >= 0.6 is 0 Å². The molecule has 1 amide bonds. The molecule has 3 aromatic rings. The van der Waals surface area contributed by atoms with Gasteiger partial charge in [-0.05, 0) is 36.4 Å². The van der Waals surface area contributed by atoms with Crippen LogP contribution < -0.4 is 0 Å². The van der Waals surface area contributed by atoms with Crippen LogP contribution in [-0.4, -0.2) is 40.6 Å². The molecule has 0 atom stereocenters. The summed E-state index contributed by atoms with van der Waals surface area (Å²) < 4.78 is 12.4. The molecule has 2 heterocycles. The Morgan fingerprint density at radius 3 is 2.75 bits per heavy atom. The van der Waals surface area contributed by atoms with Crippen LogP contribution in [0, 0.1) is 0 Å². The third-order valence-electron chi connectivity index (χ3n) is 3.70. The van der Waals surface area contributed by atoms with E-state index in [1.807, 2.05) is 47.2 Å². The molecule has 0 aliphatic rings. The molecule has 0 radical (unpaired) electrons. The Labute approximate surface area is 140 Å². The average Bonchev–Trinajstić information content (AvgIpc) is 3.32. The highest BCUT2D eigenvalue weighted by Crippen LogP contribution is 2.14. The van der Waals surface area contributed by atoms with Crippen molar-refractivity contribution in [2.45, 2.75) is 6.54 Å². The van der Waals surface area contributed by atoms with Crippen molar-refractivity contribution in [3.63, 3.8) is 0 Å². The van der Waals surface area contributed by atoms with Gasteiger partial charge in [-0.2, -0.15) is 0 Å². The van der Waals surface area contributed by atoms with Crippen LogP contribution in [0.5, 0.6) is 0 Å². The summed E-state index contributed by atoms with van der Waals surface area (Å²) in [4.78, 5) is 18.5. The van der Waals surface area contributed by atoms with Gasteiger partial charge in [-0.15, -0.1) is 0 Å². The molecule has 0 bridgehead atoms. The zero-order valence-corrected chi connectivity index (χ0v) is 13.5. The molecule has 6 nitrogen and oxygen atoms in total. The van der Waals surface area contributed by atoms with Gasteiger partial charge in [0.05, 0.1) is 25.7 Å². The summed E-state index contributed by atoms with van der Waals surface area (Å²) in [5, 5.41) is 0. The molecule has 6 heteroatoms. The van der Waals surface area contributed by atoms with E-state index >= 15 is 0 Å². The van der Waals surface area contributed by atoms with Gasteiger partial charge in [-0.3, -0.25) is 4.79 Å². The topological polar surface area (TPSA) is 60.5 Å². The number of nitrogens with zero attached hydrogens (tertiary/aromatic N) is 3. The summed E-state index contributed by atoms with van der Waals surface area (Å²) in [5.74, 6) is 0.690. The SMILES string of the molecule is COCCN(Cc1ccco1)C(=O)c1ccc(-n2ccnc2)cc1. The summed E-state index contributed by atoms with van der Waals surface area (Å²) in [5.41, 5.74) is 1.58. The van der Waals surface area contributed by atoms with Gasteiger partial charge in [0.1, 0.15) is 5.76 Å². The molecule has 0 fully saturated rings. The predicted molar refractivity (Wildman–Crippen MR) is 88.9 cm³/mol. The molecule has 24 heavy (non-hydrogen) atoms. The third kappa shape index (κ3) is 3.72. The van der Waals surface area contributed by atoms with Gasteiger partial charge in [-0.1, -0.05) is 0 Å². The lowest BCUT2D eigenvalue weighted by molar-refractivity contribution is 0.0666. The Bertz CT molecular complexity index is 749. The first-order valence-corrected chi connectivity index (χ1v) is 7.67. The lowest BCUT2D eigenvalue weighted by Gasteiger charge is -2.21. The number of rotatable bonds is 7. The fourth-order valence-electron chi connectivity index (χ4n) is 2.42. The summed E-state index contributed by atoms with van der Waals surface area (Å²) in [6.07, 6.45) is 6.90. The standard InChI is InChI=1S/C18H19N3O3/c1-23-12-10-20(13-17-3-2-11-24-17)18(22)15-4-6-16(7-5-15)21-9-8-19-14-21/h2-9,11,14H,10,12-13H2,1H3. The van der Waals surface area contributed by atoms with Crippen molar-refractivity contribution in [1.82, 2.24) is 14.5 Å². The van der Waals surface area contributed by atoms with Gasteiger partial charge in [0, 0.05) is 37.3 Å². The Balaban J connectivity index is 1.75. The first kappa shape index (κ1) is 16.0. The van der Waals surface area contributed by atoms with Crippen LogP contribution in [0.2, 0.25) is 0 Å². The van der Waals surface area contributed by atoms with E-state index in [1.54, 1.807) is 30.8 Å². The van der Waals surface area contributed by atoms with Crippen molar-refractivity contribution in [3.8, 4) is 5.69 Å². The number of hydrogen-bond acceptors (Lipinski definition) is 4. The second-order valence-electron chi connectivity index (χ2n) is 5.32. The Hall–Kier alpha value is -2.86. The van der Waals surface area contributed by atoms with Crippen molar-refractivity contribution in [1.29, 1.82) is 0 Å². The van der Waals surface area contributed by atoms with E-state index in [0.29, 0.717) is 25.3 Å². The van der Waals surface area contributed by atoms with Crippen molar-refractivity contribution in [2.75, 3.05) is 20.3 Å². The molecule has 1 aromatic carbocycles. The summed E-state index contributed by atoms with van der Waals surface area (Å²) in [6, 6.07) is 11.1. The molecule has 0 saturated carbocycles. The first-order chi connectivity index (χ1) is 11.8. The minimum atomic E-state index is -0.0550. The lowest BCUT2D eigenvalue weighted by Crippen LogP contribution is -2.33. The number of benzene rings is 1. The monoisotopic (exact) mass is 325 g/mol. The van der Waals surface area contributed by atoms with E-state index in [0.717, 1.165) is 11.4 Å². The second-order valence-corrected chi connectivity index (χ2v) is 5.32. The largest absolute Gasteiger partial charge is 0.467 e. The van der Waals surface area contributed by atoms with Gasteiger partial charge in [0.25, 0.3) is 5.91 Å². The molecule has 0 N–H and O–H groups in total. The van der Waals surface area contributed by atoms with Crippen LogP contribution in [0.15, 0.2) is 65.8 Å². The van der Waals surface area contributed by atoms with Gasteiger partial charge >= 0.3 is 0 Å².